The average molecular weight is 479 g/mol. The molecule has 3 aromatic rings. The molecule has 8 nitrogen and oxygen atoms in total. The van der Waals surface area contributed by atoms with Gasteiger partial charge >= 0.3 is 0 Å². The van der Waals surface area contributed by atoms with Crippen molar-refractivity contribution in [2.75, 3.05) is 31.9 Å². The van der Waals surface area contributed by atoms with E-state index in [-0.39, 0.29) is 29.6 Å². The van der Waals surface area contributed by atoms with Crippen molar-refractivity contribution >= 4 is 39.3 Å². The fraction of sp³-hybridized carbons (Fsp3) is 0.250. The predicted octanol–water partition coefficient (Wildman–Crippen LogP) is 3.02. The number of halogens is 1. The third-order valence-corrected chi connectivity index (χ3v) is 7.76. The van der Waals surface area contributed by atoms with Crippen molar-refractivity contribution in [2.24, 2.45) is 0 Å². The van der Waals surface area contributed by atoms with Crippen LogP contribution in [0.15, 0.2) is 69.1 Å². The van der Waals surface area contributed by atoms with Crippen LogP contribution in [-0.4, -0.2) is 65.7 Å². The minimum atomic E-state index is -3.61. The van der Waals surface area contributed by atoms with Gasteiger partial charge in [0.15, 0.2) is 0 Å². The maximum atomic E-state index is 12.8. The summed E-state index contributed by atoms with van der Waals surface area (Å²) in [6.45, 7) is 1.12. The average Bonchev–Trinajstić information content (AvgIpc) is 3.27. The zero-order chi connectivity index (χ0) is 21.8. The first kappa shape index (κ1) is 21.8. The largest absolute Gasteiger partial charge is 0.411 e. The number of hydrogen-bond acceptors (Lipinski definition) is 7. The summed E-state index contributed by atoms with van der Waals surface area (Å²) in [4.78, 5) is 14.4. The van der Waals surface area contributed by atoms with Gasteiger partial charge in [-0.25, -0.2) is 8.42 Å². The highest BCUT2D eigenvalue weighted by Gasteiger charge is 2.30. The van der Waals surface area contributed by atoms with Gasteiger partial charge in [0.05, 0.1) is 10.6 Å². The highest BCUT2D eigenvalue weighted by molar-refractivity contribution is 7.99. The summed E-state index contributed by atoms with van der Waals surface area (Å²) < 4.78 is 32.5. The lowest BCUT2D eigenvalue weighted by atomic mass is 10.2. The summed E-state index contributed by atoms with van der Waals surface area (Å²) in [7, 11) is -3.61. The standard InChI is InChI=1S/C20H19ClN4O4S2/c21-16-6-8-17(9-7-16)31(27,28)25-12-10-24(11-13-25)18(26)14-30-20-23-22-19(29-20)15-4-2-1-3-5-15/h1-9H,10-14H2. The lowest BCUT2D eigenvalue weighted by Crippen LogP contribution is -2.50. The lowest BCUT2D eigenvalue weighted by molar-refractivity contribution is -0.129. The first-order valence-electron chi connectivity index (χ1n) is 9.49. The van der Waals surface area contributed by atoms with Crippen molar-refractivity contribution in [3.05, 3.63) is 59.6 Å². The lowest BCUT2D eigenvalue weighted by Gasteiger charge is -2.33. The fourth-order valence-electron chi connectivity index (χ4n) is 3.11. The van der Waals surface area contributed by atoms with E-state index in [1.807, 2.05) is 30.3 Å². The Morgan fingerprint density at radius 2 is 1.68 bits per heavy atom. The van der Waals surface area contributed by atoms with E-state index in [0.29, 0.717) is 29.2 Å². The van der Waals surface area contributed by atoms with Crippen LogP contribution in [0.4, 0.5) is 0 Å². The molecule has 1 aromatic heterocycles. The molecule has 0 spiro atoms. The van der Waals surface area contributed by atoms with E-state index < -0.39 is 10.0 Å². The Labute approximate surface area is 189 Å². The second kappa shape index (κ2) is 9.39. The van der Waals surface area contributed by atoms with E-state index >= 15 is 0 Å². The molecule has 31 heavy (non-hydrogen) atoms. The highest BCUT2D eigenvalue weighted by Crippen LogP contribution is 2.24. The van der Waals surface area contributed by atoms with Crippen LogP contribution in [0.5, 0.6) is 0 Å². The maximum absolute atomic E-state index is 12.8. The van der Waals surface area contributed by atoms with Crippen molar-refractivity contribution in [3.8, 4) is 11.5 Å². The van der Waals surface area contributed by atoms with E-state index in [9.17, 15) is 13.2 Å². The second-order valence-corrected chi connectivity index (χ2v) is 10.1. The Bertz CT molecular complexity index is 1150. The maximum Gasteiger partial charge on any atom is 0.277 e. The molecule has 0 saturated carbocycles. The van der Waals surface area contributed by atoms with Gasteiger partial charge in [0.2, 0.25) is 21.8 Å². The number of hydrogen-bond donors (Lipinski definition) is 0. The molecule has 162 valence electrons. The first-order chi connectivity index (χ1) is 14.9. The molecule has 4 rings (SSSR count). The molecule has 2 aromatic carbocycles. The molecule has 1 amide bonds. The number of nitrogens with zero attached hydrogens (tertiary/aromatic N) is 4. The molecule has 0 radical (unpaired) electrons. The van der Waals surface area contributed by atoms with E-state index in [1.54, 1.807) is 17.0 Å². The summed E-state index contributed by atoms with van der Waals surface area (Å²) in [5, 5.41) is 8.77. The number of aromatic nitrogens is 2. The van der Waals surface area contributed by atoms with Gasteiger partial charge in [-0.3, -0.25) is 4.79 Å². The minimum Gasteiger partial charge on any atom is -0.411 e. The number of rotatable bonds is 6. The number of thioether (sulfide) groups is 1. The van der Waals surface area contributed by atoms with Crippen LogP contribution >= 0.6 is 23.4 Å². The second-order valence-electron chi connectivity index (χ2n) is 6.77. The summed E-state index contributed by atoms with van der Waals surface area (Å²) >= 11 is 7.00. The minimum absolute atomic E-state index is 0.104. The number of piperazine rings is 1. The van der Waals surface area contributed by atoms with Crippen molar-refractivity contribution < 1.29 is 17.6 Å². The third kappa shape index (κ3) is 5.09. The molecule has 0 atom stereocenters. The topological polar surface area (TPSA) is 96.6 Å². The van der Waals surface area contributed by atoms with Crippen LogP contribution in [0.25, 0.3) is 11.5 Å². The summed E-state index contributed by atoms with van der Waals surface area (Å²) in [6.07, 6.45) is 0. The van der Waals surface area contributed by atoms with Crippen LogP contribution in [0, 0.1) is 0 Å². The first-order valence-corrected chi connectivity index (χ1v) is 12.3. The van der Waals surface area contributed by atoms with E-state index in [2.05, 4.69) is 10.2 Å². The van der Waals surface area contributed by atoms with Gasteiger partial charge < -0.3 is 9.32 Å². The molecule has 0 N–H and O–H groups in total. The summed E-state index contributed by atoms with van der Waals surface area (Å²) in [6, 6.07) is 15.5. The van der Waals surface area contributed by atoms with Gasteiger partial charge in [0.1, 0.15) is 0 Å². The van der Waals surface area contributed by atoms with E-state index in [4.69, 9.17) is 16.0 Å². The smallest absolute Gasteiger partial charge is 0.277 e. The number of sulfonamides is 1. The number of benzene rings is 2. The van der Waals surface area contributed by atoms with Crippen molar-refractivity contribution in [2.45, 2.75) is 10.1 Å². The van der Waals surface area contributed by atoms with Crippen LogP contribution in [-0.2, 0) is 14.8 Å². The van der Waals surface area contributed by atoms with Crippen LogP contribution < -0.4 is 0 Å². The number of amides is 1. The quantitative estimate of drug-likeness (QED) is 0.502. The molecule has 0 aliphatic carbocycles. The Morgan fingerprint density at radius 3 is 2.35 bits per heavy atom. The molecule has 11 heteroatoms. The summed E-state index contributed by atoms with van der Waals surface area (Å²) in [5.74, 6) is 0.435. The van der Waals surface area contributed by atoms with Gasteiger partial charge in [-0.05, 0) is 36.4 Å². The molecule has 1 fully saturated rings. The van der Waals surface area contributed by atoms with Crippen molar-refractivity contribution in [1.29, 1.82) is 0 Å². The fourth-order valence-corrected chi connectivity index (χ4v) is 5.33. The van der Waals surface area contributed by atoms with Crippen molar-refractivity contribution in [3.63, 3.8) is 0 Å². The van der Waals surface area contributed by atoms with Crippen molar-refractivity contribution in [1.82, 2.24) is 19.4 Å². The van der Waals surface area contributed by atoms with Gasteiger partial charge in [0, 0.05) is 36.8 Å². The molecular formula is C20H19ClN4O4S2. The Balaban J connectivity index is 1.30. The molecule has 1 aliphatic heterocycles. The SMILES string of the molecule is O=C(CSc1nnc(-c2ccccc2)o1)N1CCN(S(=O)(=O)c2ccc(Cl)cc2)CC1. The molecule has 1 aliphatic rings. The Kier molecular flexibility index (Phi) is 6.61. The van der Waals surface area contributed by atoms with Gasteiger partial charge in [-0.15, -0.1) is 10.2 Å². The molecule has 2 heterocycles. The van der Waals surface area contributed by atoms with Gasteiger partial charge in [-0.1, -0.05) is 41.6 Å². The molecule has 1 saturated heterocycles. The zero-order valence-electron chi connectivity index (χ0n) is 16.3. The Morgan fingerprint density at radius 1 is 1.00 bits per heavy atom. The third-order valence-electron chi connectivity index (χ3n) is 4.79. The monoisotopic (exact) mass is 478 g/mol. The normalized spacial score (nSPS) is 15.2. The number of carbonyl (C=O) groups is 1. The van der Waals surface area contributed by atoms with Crippen LogP contribution in [0.3, 0.4) is 0 Å². The van der Waals surface area contributed by atoms with Crippen LogP contribution in [0.1, 0.15) is 0 Å². The predicted molar refractivity (Wildman–Crippen MR) is 117 cm³/mol. The molecular weight excluding hydrogens is 460 g/mol. The molecule has 0 unspecified atom stereocenters. The van der Waals surface area contributed by atoms with Gasteiger partial charge in [0.25, 0.3) is 5.22 Å². The van der Waals surface area contributed by atoms with E-state index in [0.717, 1.165) is 5.56 Å². The number of carbonyl (C=O) groups excluding carboxylic acids is 1. The summed E-state index contributed by atoms with van der Waals surface area (Å²) in [5.41, 5.74) is 0.811. The molecule has 0 bridgehead atoms. The highest BCUT2D eigenvalue weighted by atomic mass is 35.5. The van der Waals surface area contributed by atoms with Crippen LogP contribution in [0.2, 0.25) is 5.02 Å². The zero-order valence-corrected chi connectivity index (χ0v) is 18.7. The van der Waals surface area contributed by atoms with E-state index in [1.165, 1.54) is 28.2 Å². The van der Waals surface area contributed by atoms with Gasteiger partial charge in [-0.2, -0.15) is 4.31 Å². The Hall–Kier alpha value is -2.40.